The highest BCUT2D eigenvalue weighted by molar-refractivity contribution is 5.74. The summed E-state index contributed by atoms with van der Waals surface area (Å²) in [6.07, 6.45) is 2.54. The van der Waals surface area contributed by atoms with Crippen LogP contribution in [0.5, 0.6) is 11.5 Å². The summed E-state index contributed by atoms with van der Waals surface area (Å²) in [7, 11) is 1.88. The van der Waals surface area contributed by atoms with Gasteiger partial charge in [0.05, 0.1) is 0 Å². The highest BCUT2D eigenvalue weighted by Crippen LogP contribution is 2.31. The van der Waals surface area contributed by atoms with Crippen LogP contribution in [0.2, 0.25) is 0 Å². The van der Waals surface area contributed by atoms with Crippen molar-refractivity contribution in [3.63, 3.8) is 0 Å². The molecule has 1 N–H and O–H groups in total. The largest absolute Gasteiger partial charge is 0.486 e. The van der Waals surface area contributed by atoms with E-state index in [9.17, 15) is 4.79 Å². The van der Waals surface area contributed by atoms with Gasteiger partial charge in [0.1, 0.15) is 12.7 Å². The summed E-state index contributed by atoms with van der Waals surface area (Å²) in [5, 5.41) is 3.01. The molecule has 136 valence electrons. The van der Waals surface area contributed by atoms with Gasteiger partial charge in [-0.3, -0.25) is 0 Å². The lowest BCUT2D eigenvalue weighted by Crippen LogP contribution is -2.45. The number of hydrogen-bond donors (Lipinski definition) is 1. The maximum absolute atomic E-state index is 12.5. The Balaban J connectivity index is 1.24. The quantitative estimate of drug-likeness (QED) is 0.920. The summed E-state index contributed by atoms with van der Waals surface area (Å²) in [5.41, 5.74) is 2.70. The molecule has 0 unspecified atom stereocenters. The fourth-order valence-electron chi connectivity index (χ4n) is 3.65. The molecule has 1 aliphatic heterocycles. The Morgan fingerprint density at radius 1 is 1.08 bits per heavy atom. The van der Waals surface area contributed by atoms with Gasteiger partial charge in [-0.05, 0) is 36.1 Å². The summed E-state index contributed by atoms with van der Waals surface area (Å²) in [6, 6.07) is 16.3. The van der Waals surface area contributed by atoms with Crippen LogP contribution in [0.15, 0.2) is 48.5 Å². The van der Waals surface area contributed by atoms with E-state index in [0.29, 0.717) is 13.2 Å². The molecule has 0 saturated heterocycles. The first-order chi connectivity index (χ1) is 12.7. The van der Waals surface area contributed by atoms with Gasteiger partial charge in [0.15, 0.2) is 11.5 Å². The number of nitrogens with one attached hydrogen (secondary N) is 1. The molecule has 0 aromatic heterocycles. The van der Waals surface area contributed by atoms with Crippen molar-refractivity contribution >= 4 is 6.03 Å². The molecular formula is C21H24N2O3. The fourth-order valence-corrected chi connectivity index (χ4v) is 3.65. The molecule has 5 nitrogen and oxygen atoms in total. The van der Waals surface area contributed by atoms with Crippen LogP contribution in [0.3, 0.4) is 0 Å². The average molecular weight is 352 g/mol. The number of carbonyl (C=O) groups excluding carboxylic acids is 1. The molecule has 1 atom stereocenters. The van der Waals surface area contributed by atoms with E-state index in [0.717, 1.165) is 30.8 Å². The Bertz CT molecular complexity index is 767. The van der Waals surface area contributed by atoms with Gasteiger partial charge in [-0.25, -0.2) is 4.79 Å². The van der Waals surface area contributed by atoms with Gasteiger partial charge in [-0.1, -0.05) is 36.4 Å². The van der Waals surface area contributed by atoms with Crippen LogP contribution in [0.1, 0.15) is 17.5 Å². The van der Waals surface area contributed by atoms with Crippen molar-refractivity contribution in [3.05, 3.63) is 59.7 Å². The Morgan fingerprint density at radius 2 is 1.73 bits per heavy atom. The smallest absolute Gasteiger partial charge is 0.317 e. The Kier molecular flexibility index (Phi) is 4.69. The number of para-hydroxylation sites is 2. The van der Waals surface area contributed by atoms with Crippen LogP contribution in [-0.2, 0) is 12.8 Å². The second kappa shape index (κ2) is 7.28. The summed E-state index contributed by atoms with van der Waals surface area (Å²) < 4.78 is 11.6. The lowest BCUT2D eigenvalue weighted by Gasteiger charge is -2.27. The van der Waals surface area contributed by atoms with E-state index in [4.69, 9.17) is 9.47 Å². The molecule has 2 aliphatic rings. The van der Waals surface area contributed by atoms with Crippen molar-refractivity contribution < 1.29 is 14.3 Å². The highest BCUT2D eigenvalue weighted by atomic mass is 16.6. The number of benzene rings is 2. The first-order valence-corrected chi connectivity index (χ1v) is 9.16. The second-order valence-corrected chi connectivity index (χ2v) is 6.96. The minimum Gasteiger partial charge on any atom is -0.486 e. The zero-order chi connectivity index (χ0) is 17.9. The number of rotatable bonds is 4. The fraction of sp³-hybridized carbons (Fsp3) is 0.381. The molecule has 0 bridgehead atoms. The molecule has 0 spiro atoms. The Morgan fingerprint density at radius 3 is 2.46 bits per heavy atom. The van der Waals surface area contributed by atoms with Gasteiger partial charge < -0.3 is 19.7 Å². The molecule has 26 heavy (non-hydrogen) atoms. The molecule has 0 radical (unpaired) electrons. The normalized spacial score (nSPS) is 18.3. The topological polar surface area (TPSA) is 50.8 Å². The van der Waals surface area contributed by atoms with Crippen LogP contribution in [0.4, 0.5) is 4.79 Å². The number of ether oxygens (including phenoxy) is 2. The lowest BCUT2D eigenvalue weighted by atomic mass is 10.1. The predicted molar refractivity (Wildman–Crippen MR) is 99.8 cm³/mol. The van der Waals surface area contributed by atoms with Crippen molar-refractivity contribution in [2.75, 3.05) is 20.2 Å². The van der Waals surface area contributed by atoms with E-state index in [-0.39, 0.29) is 18.2 Å². The predicted octanol–water partition coefficient (Wildman–Crippen LogP) is 3.03. The molecule has 4 rings (SSSR count). The van der Waals surface area contributed by atoms with E-state index >= 15 is 0 Å². The molecular weight excluding hydrogens is 328 g/mol. The summed E-state index contributed by atoms with van der Waals surface area (Å²) >= 11 is 0. The maximum atomic E-state index is 12.5. The van der Waals surface area contributed by atoms with Crippen molar-refractivity contribution in [1.82, 2.24) is 10.2 Å². The van der Waals surface area contributed by atoms with E-state index in [2.05, 4.69) is 29.6 Å². The summed E-state index contributed by atoms with van der Waals surface area (Å²) in [5.74, 6) is 1.56. The van der Waals surface area contributed by atoms with Crippen molar-refractivity contribution in [2.24, 2.45) is 0 Å². The number of likely N-dealkylation sites (N-methyl/N-ethyl adjacent to an activating group) is 1. The standard InChI is InChI=1S/C21H24N2O3/c1-23(17-12-15-6-2-3-7-16(15)13-17)21(24)22-11-10-18-14-25-19-8-4-5-9-20(19)26-18/h2-9,17-18H,10-14H2,1H3,(H,22,24)/t18-/m0/s1. The summed E-state index contributed by atoms with van der Waals surface area (Å²) in [4.78, 5) is 14.3. The number of carbonyl (C=O) groups is 1. The molecule has 0 saturated carbocycles. The van der Waals surface area contributed by atoms with Crippen LogP contribution in [-0.4, -0.2) is 43.3 Å². The van der Waals surface area contributed by atoms with Gasteiger partial charge >= 0.3 is 6.03 Å². The zero-order valence-electron chi connectivity index (χ0n) is 15.0. The monoisotopic (exact) mass is 352 g/mol. The minimum atomic E-state index is -0.0359. The first-order valence-electron chi connectivity index (χ1n) is 9.16. The van der Waals surface area contributed by atoms with E-state index in [1.54, 1.807) is 0 Å². The number of urea groups is 1. The van der Waals surface area contributed by atoms with E-state index in [1.165, 1.54) is 11.1 Å². The highest BCUT2D eigenvalue weighted by Gasteiger charge is 2.27. The van der Waals surface area contributed by atoms with Crippen molar-refractivity contribution in [2.45, 2.75) is 31.4 Å². The van der Waals surface area contributed by atoms with E-state index < -0.39 is 0 Å². The number of fused-ring (bicyclic) bond motifs is 2. The Labute approximate surface area is 153 Å². The molecule has 0 fully saturated rings. The third-order valence-corrected chi connectivity index (χ3v) is 5.21. The summed E-state index contributed by atoms with van der Waals surface area (Å²) in [6.45, 7) is 1.08. The number of hydrogen-bond acceptors (Lipinski definition) is 3. The molecule has 2 aromatic carbocycles. The SMILES string of the molecule is CN(C(=O)NCC[C@H]1COc2ccccc2O1)C1Cc2ccccc2C1. The van der Waals surface area contributed by atoms with Crippen LogP contribution in [0.25, 0.3) is 0 Å². The minimum absolute atomic E-state index is 0.0278. The zero-order valence-corrected chi connectivity index (χ0v) is 15.0. The van der Waals surface area contributed by atoms with Crippen molar-refractivity contribution in [3.8, 4) is 11.5 Å². The third kappa shape index (κ3) is 3.47. The second-order valence-electron chi connectivity index (χ2n) is 6.96. The number of nitrogens with zero attached hydrogens (tertiary/aromatic N) is 1. The molecule has 1 aliphatic carbocycles. The Hall–Kier alpha value is -2.69. The average Bonchev–Trinajstić information content (AvgIpc) is 3.11. The molecule has 5 heteroatoms. The maximum Gasteiger partial charge on any atom is 0.317 e. The van der Waals surface area contributed by atoms with Crippen LogP contribution in [0, 0.1) is 0 Å². The van der Waals surface area contributed by atoms with Crippen molar-refractivity contribution in [1.29, 1.82) is 0 Å². The first kappa shape index (κ1) is 16.8. The van der Waals surface area contributed by atoms with Gasteiger partial charge in [-0.2, -0.15) is 0 Å². The van der Waals surface area contributed by atoms with Gasteiger partial charge in [0.2, 0.25) is 0 Å². The van der Waals surface area contributed by atoms with Gasteiger partial charge in [-0.15, -0.1) is 0 Å². The molecule has 2 aromatic rings. The van der Waals surface area contributed by atoms with Gasteiger partial charge in [0.25, 0.3) is 0 Å². The molecule has 2 amide bonds. The number of amides is 2. The van der Waals surface area contributed by atoms with Gasteiger partial charge in [0, 0.05) is 26.1 Å². The van der Waals surface area contributed by atoms with Crippen LogP contribution < -0.4 is 14.8 Å². The van der Waals surface area contributed by atoms with Crippen LogP contribution >= 0.6 is 0 Å². The third-order valence-electron chi connectivity index (χ3n) is 5.21. The molecule has 1 heterocycles. The van der Waals surface area contributed by atoms with E-state index in [1.807, 2.05) is 36.2 Å². The lowest BCUT2D eigenvalue weighted by molar-refractivity contribution is 0.0848.